The van der Waals surface area contributed by atoms with Crippen LogP contribution >= 0.6 is 11.8 Å². The first-order chi connectivity index (χ1) is 6.59. The number of aryl methyl sites for hydroxylation is 2. The van der Waals surface area contributed by atoms with Gasteiger partial charge in [-0.3, -0.25) is 0 Å². The molecule has 0 aromatic heterocycles. The molecule has 1 aromatic rings. The summed E-state index contributed by atoms with van der Waals surface area (Å²) in [5, 5.41) is 0. The molecule has 1 heterocycles. The minimum atomic E-state index is 0.648. The number of hydrogen-bond acceptors (Lipinski definition) is 2. The van der Waals surface area contributed by atoms with Crippen molar-refractivity contribution < 1.29 is 0 Å². The van der Waals surface area contributed by atoms with Gasteiger partial charge in [0.15, 0.2) is 0 Å². The van der Waals surface area contributed by atoms with Crippen molar-refractivity contribution >= 4 is 17.4 Å². The van der Waals surface area contributed by atoms with Crippen molar-refractivity contribution in [3.63, 3.8) is 0 Å². The van der Waals surface area contributed by atoms with Crippen LogP contribution in [0, 0.1) is 13.8 Å². The summed E-state index contributed by atoms with van der Waals surface area (Å²) in [6.07, 6.45) is 0. The molecule has 1 aliphatic rings. The van der Waals surface area contributed by atoms with Crippen LogP contribution in [0.2, 0.25) is 0 Å². The van der Waals surface area contributed by atoms with Gasteiger partial charge in [0.2, 0.25) is 0 Å². The number of anilines is 1. The zero-order valence-electron chi connectivity index (χ0n) is 9.29. The first-order valence-electron chi connectivity index (χ1n) is 5.06. The number of nitrogens with zero attached hydrogens (tertiary/aromatic N) is 1. The fourth-order valence-corrected chi connectivity index (χ4v) is 2.98. The predicted molar refractivity (Wildman–Crippen MR) is 64.5 cm³/mol. The molecule has 1 aromatic carbocycles. The van der Waals surface area contributed by atoms with Gasteiger partial charge in [0.05, 0.1) is 5.69 Å². The molecule has 1 aliphatic heterocycles. The van der Waals surface area contributed by atoms with Crippen LogP contribution in [-0.2, 0) is 0 Å². The molecule has 0 amide bonds. The minimum absolute atomic E-state index is 0.648. The molecule has 2 rings (SSSR count). The molecule has 0 bridgehead atoms. The van der Waals surface area contributed by atoms with Crippen LogP contribution in [0.4, 0.5) is 5.69 Å². The quantitative estimate of drug-likeness (QED) is 0.642. The summed E-state index contributed by atoms with van der Waals surface area (Å²) in [4.78, 5) is 3.83. The molecule has 0 radical (unpaired) electrons. The van der Waals surface area contributed by atoms with Gasteiger partial charge < -0.3 is 4.90 Å². The van der Waals surface area contributed by atoms with Crippen molar-refractivity contribution in [3.05, 3.63) is 23.3 Å². The van der Waals surface area contributed by atoms with Gasteiger partial charge in [-0.25, -0.2) is 0 Å². The zero-order valence-corrected chi connectivity index (χ0v) is 10.1. The first kappa shape index (κ1) is 9.91. The average molecular weight is 207 g/mol. The second-order valence-electron chi connectivity index (χ2n) is 4.18. The van der Waals surface area contributed by atoms with Crippen LogP contribution in [0.3, 0.4) is 0 Å². The summed E-state index contributed by atoms with van der Waals surface area (Å²) >= 11 is 1.98. The van der Waals surface area contributed by atoms with E-state index in [0.29, 0.717) is 6.04 Å². The van der Waals surface area contributed by atoms with E-state index >= 15 is 0 Å². The van der Waals surface area contributed by atoms with Crippen molar-refractivity contribution in [2.45, 2.75) is 31.7 Å². The zero-order chi connectivity index (χ0) is 10.3. The predicted octanol–water partition coefficient (Wildman–Crippen LogP) is 3.23. The van der Waals surface area contributed by atoms with Gasteiger partial charge in [0, 0.05) is 23.7 Å². The summed E-state index contributed by atoms with van der Waals surface area (Å²) in [7, 11) is 2.19. The molecule has 14 heavy (non-hydrogen) atoms. The lowest BCUT2D eigenvalue weighted by Gasteiger charge is -2.33. The highest BCUT2D eigenvalue weighted by atomic mass is 32.2. The lowest BCUT2D eigenvalue weighted by Crippen LogP contribution is -2.34. The second kappa shape index (κ2) is 3.50. The molecule has 1 atom stereocenters. The van der Waals surface area contributed by atoms with Crippen LogP contribution in [0.1, 0.15) is 18.1 Å². The normalized spacial score (nSPS) is 20.9. The maximum atomic E-state index is 2.39. The van der Waals surface area contributed by atoms with E-state index in [2.05, 4.69) is 44.9 Å². The van der Waals surface area contributed by atoms with Crippen LogP contribution < -0.4 is 4.90 Å². The van der Waals surface area contributed by atoms with Gasteiger partial charge in [-0.1, -0.05) is 0 Å². The number of fused-ring (bicyclic) bond motifs is 1. The molecular weight excluding hydrogens is 190 g/mol. The Morgan fingerprint density at radius 1 is 1.29 bits per heavy atom. The maximum Gasteiger partial charge on any atom is 0.0507 e. The summed E-state index contributed by atoms with van der Waals surface area (Å²) in [5.41, 5.74) is 4.20. The van der Waals surface area contributed by atoms with Gasteiger partial charge in [-0.2, -0.15) is 0 Å². The molecule has 0 spiro atoms. The van der Waals surface area contributed by atoms with E-state index in [9.17, 15) is 0 Å². The Morgan fingerprint density at radius 2 is 1.93 bits per heavy atom. The average Bonchev–Trinajstić information content (AvgIpc) is 2.15. The minimum Gasteiger partial charge on any atom is -0.370 e. The smallest absolute Gasteiger partial charge is 0.0507 e. The van der Waals surface area contributed by atoms with Gasteiger partial charge in [0.25, 0.3) is 0 Å². The van der Waals surface area contributed by atoms with Crippen LogP contribution in [0.25, 0.3) is 0 Å². The largest absolute Gasteiger partial charge is 0.370 e. The lowest BCUT2D eigenvalue weighted by molar-refractivity contribution is 0.747. The first-order valence-corrected chi connectivity index (χ1v) is 6.05. The Hall–Kier alpha value is -0.630. The van der Waals surface area contributed by atoms with Crippen molar-refractivity contribution in [3.8, 4) is 0 Å². The molecule has 76 valence electrons. The summed E-state index contributed by atoms with van der Waals surface area (Å²) < 4.78 is 0. The SMILES string of the molecule is Cc1cc2c(cc1C)N(C)C(C)CS2. The monoisotopic (exact) mass is 207 g/mol. The molecule has 0 N–H and O–H groups in total. The van der Waals surface area contributed by atoms with Gasteiger partial charge in [-0.05, 0) is 44.0 Å². The topological polar surface area (TPSA) is 3.24 Å². The molecular formula is C12H17NS. The Kier molecular flexibility index (Phi) is 2.48. The fourth-order valence-electron chi connectivity index (χ4n) is 1.73. The van der Waals surface area contributed by atoms with Gasteiger partial charge in [0.1, 0.15) is 0 Å². The molecule has 0 fully saturated rings. The van der Waals surface area contributed by atoms with Crippen LogP contribution in [0.5, 0.6) is 0 Å². The highest BCUT2D eigenvalue weighted by molar-refractivity contribution is 7.99. The molecule has 1 unspecified atom stereocenters. The van der Waals surface area contributed by atoms with E-state index in [1.165, 1.54) is 27.5 Å². The number of thioether (sulfide) groups is 1. The summed E-state index contributed by atoms with van der Waals surface area (Å²) in [6.45, 7) is 6.66. The molecule has 2 heteroatoms. The van der Waals surface area contributed by atoms with E-state index < -0.39 is 0 Å². The third kappa shape index (κ3) is 1.52. The Morgan fingerprint density at radius 3 is 2.64 bits per heavy atom. The Bertz CT molecular complexity index is 360. The van der Waals surface area contributed by atoms with Gasteiger partial charge >= 0.3 is 0 Å². The van der Waals surface area contributed by atoms with E-state index in [1.807, 2.05) is 11.8 Å². The van der Waals surface area contributed by atoms with Crippen molar-refractivity contribution in [2.24, 2.45) is 0 Å². The van der Waals surface area contributed by atoms with Crippen LogP contribution in [-0.4, -0.2) is 18.8 Å². The third-order valence-electron chi connectivity index (χ3n) is 3.10. The van der Waals surface area contributed by atoms with E-state index in [-0.39, 0.29) is 0 Å². The second-order valence-corrected chi connectivity index (χ2v) is 5.24. The van der Waals surface area contributed by atoms with Crippen molar-refractivity contribution in [1.29, 1.82) is 0 Å². The van der Waals surface area contributed by atoms with E-state index in [0.717, 1.165) is 0 Å². The summed E-state index contributed by atoms with van der Waals surface area (Å²) in [5.74, 6) is 1.20. The van der Waals surface area contributed by atoms with Crippen molar-refractivity contribution in [2.75, 3.05) is 17.7 Å². The number of hydrogen-bond donors (Lipinski definition) is 0. The summed E-state index contributed by atoms with van der Waals surface area (Å²) in [6, 6.07) is 5.28. The highest BCUT2D eigenvalue weighted by Crippen LogP contribution is 2.38. The van der Waals surface area contributed by atoms with Crippen molar-refractivity contribution in [1.82, 2.24) is 0 Å². The molecule has 0 aliphatic carbocycles. The lowest BCUT2D eigenvalue weighted by atomic mass is 10.1. The van der Waals surface area contributed by atoms with Crippen LogP contribution in [0.15, 0.2) is 17.0 Å². The number of rotatable bonds is 0. The fraction of sp³-hybridized carbons (Fsp3) is 0.500. The van der Waals surface area contributed by atoms with E-state index in [1.54, 1.807) is 0 Å². The van der Waals surface area contributed by atoms with Gasteiger partial charge in [-0.15, -0.1) is 11.8 Å². The molecule has 1 nitrogen and oxygen atoms in total. The Labute approximate surface area is 90.5 Å². The molecule has 0 saturated carbocycles. The third-order valence-corrected chi connectivity index (χ3v) is 4.38. The standard InChI is InChI=1S/C12H17NS/c1-8-5-11-12(6-9(8)2)14-7-10(3)13(11)4/h5-6,10H,7H2,1-4H3. The van der Waals surface area contributed by atoms with E-state index in [4.69, 9.17) is 0 Å². The maximum absolute atomic E-state index is 2.39. The number of benzene rings is 1. The Balaban J connectivity index is 2.50. The molecule has 0 saturated heterocycles. The highest BCUT2D eigenvalue weighted by Gasteiger charge is 2.20.